The summed E-state index contributed by atoms with van der Waals surface area (Å²) in [5, 5.41) is 10.7. The number of ether oxygens (including phenoxy) is 2. The molecule has 4 N–H and O–H groups in total. The molecule has 0 radical (unpaired) electrons. The van der Waals surface area contributed by atoms with Gasteiger partial charge in [0.1, 0.15) is 11.5 Å². The topological polar surface area (TPSA) is 140 Å². The van der Waals surface area contributed by atoms with Gasteiger partial charge in [-0.2, -0.15) is 0 Å². The number of piperidine rings is 1. The Morgan fingerprint density at radius 3 is 2.27 bits per heavy atom. The third kappa shape index (κ3) is 6.67. The zero-order chi connectivity index (χ0) is 24.0. The van der Waals surface area contributed by atoms with Gasteiger partial charge in [0.25, 0.3) is 0 Å². The molecule has 1 saturated heterocycles. The van der Waals surface area contributed by atoms with Crippen molar-refractivity contribution in [3.8, 4) is 11.5 Å². The first-order valence-electron chi connectivity index (χ1n) is 10.4. The van der Waals surface area contributed by atoms with Gasteiger partial charge in [-0.25, -0.2) is 13.6 Å². The minimum Gasteiger partial charge on any atom is -0.497 e. The van der Waals surface area contributed by atoms with Crippen LogP contribution in [0.1, 0.15) is 12.8 Å². The van der Waals surface area contributed by atoms with Crippen molar-refractivity contribution >= 4 is 33.2 Å². The number of benzene rings is 2. The third-order valence-corrected chi connectivity index (χ3v) is 6.39. The van der Waals surface area contributed by atoms with E-state index in [0.29, 0.717) is 48.8 Å². The standard InChI is InChI=1S/C22H28N4O6S/c1-31-17-5-8-19(20(13-17)32-2)25-21(27)14-26-11-9-15(10-12-26)22(28)24-16-3-6-18(7-4-16)33(23,29)30/h3-8,13,15H,9-12,14H2,1-2H3,(H,24,28)(H,25,27)(H2,23,29,30). The lowest BCUT2D eigenvalue weighted by atomic mass is 9.96. The van der Waals surface area contributed by atoms with Gasteiger partial charge in [0, 0.05) is 17.7 Å². The minimum atomic E-state index is -3.78. The number of sulfonamides is 1. The predicted molar refractivity (Wildman–Crippen MR) is 124 cm³/mol. The number of hydrogen-bond donors (Lipinski definition) is 3. The summed E-state index contributed by atoms with van der Waals surface area (Å²) in [7, 11) is -0.696. The number of nitrogens with one attached hydrogen (secondary N) is 2. The van der Waals surface area contributed by atoms with E-state index in [1.165, 1.54) is 31.4 Å². The van der Waals surface area contributed by atoms with Crippen LogP contribution in [-0.2, 0) is 19.6 Å². The molecular formula is C22H28N4O6S. The van der Waals surface area contributed by atoms with Crippen molar-refractivity contribution in [2.24, 2.45) is 11.1 Å². The summed E-state index contributed by atoms with van der Waals surface area (Å²) < 4.78 is 33.1. The number of carbonyl (C=O) groups is 2. The smallest absolute Gasteiger partial charge is 0.238 e. The number of methoxy groups -OCH3 is 2. The van der Waals surface area contributed by atoms with Crippen molar-refractivity contribution in [2.75, 3.05) is 44.5 Å². The summed E-state index contributed by atoms with van der Waals surface area (Å²) in [5.74, 6) is 0.645. The maximum absolute atomic E-state index is 12.6. The van der Waals surface area contributed by atoms with Crippen LogP contribution in [0.2, 0.25) is 0 Å². The second kappa shape index (κ2) is 10.6. The molecule has 0 saturated carbocycles. The summed E-state index contributed by atoms with van der Waals surface area (Å²) in [4.78, 5) is 27.0. The number of primary sulfonamides is 1. The Balaban J connectivity index is 1.47. The average Bonchev–Trinajstić information content (AvgIpc) is 2.79. The average molecular weight is 477 g/mol. The molecular weight excluding hydrogens is 448 g/mol. The van der Waals surface area contributed by atoms with E-state index in [0.717, 1.165) is 0 Å². The van der Waals surface area contributed by atoms with Crippen molar-refractivity contribution in [1.82, 2.24) is 4.90 Å². The predicted octanol–water partition coefficient (Wildman–Crippen LogP) is 1.64. The fraction of sp³-hybridized carbons (Fsp3) is 0.364. The lowest BCUT2D eigenvalue weighted by molar-refractivity contribution is -0.121. The highest BCUT2D eigenvalue weighted by molar-refractivity contribution is 7.89. The molecule has 0 aliphatic carbocycles. The van der Waals surface area contributed by atoms with E-state index < -0.39 is 10.0 Å². The van der Waals surface area contributed by atoms with E-state index in [4.69, 9.17) is 14.6 Å². The highest BCUT2D eigenvalue weighted by Crippen LogP contribution is 2.29. The Morgan fingerprint density at radius 2 is 1.70 bits per heavy atom. The molecule has 1 heterocycles. The van der Waals surface area contributed by atoms with Crippen LogP contribution < -0.4 is 25.2 Å². The summed E-state index contributed by atoms with van der Waals surface area (Å²) in [6, 6.07) is 10.9. The fourth-order valence-electron chi connectivity index (χ4n) is 3.62. The quantitative estimate of drug-likeness (QED) is 0.526. The number of anilines is 2. The van der Waals surface area contributed by atoms with Crippen molar-refractivity contribution < 1.29 is 27.5 Å². The summed E-state index contributed by atoms with van der Waals surface area (Å²) in [6.07, 6.45) is 1.22. The second-order valence-electron chi connectivity index (χ2n) is 7.72. The number of amides is 2. The number of carbonyl (C=O) groups excluding carboxylic acids is 2. The van der Waals surface area contributed by atoms with Crippen LogP contribution in [0.5, 0.6) is 11.5 Å². The van der Waals surface area contributed by atoms with Gasteiger partial charge >= 0.3 is 0 Å². The fourth-order valence-corrected chi connectivity index (χ4v) is 4.14. The Morgan fingerprint density at radius 1 is 1.03 bits per heavy atom. The molecule has 3 rings (SSSR count). The van der Waals surface area contributed by atoms with Gasteiger partial charge in [-0.15, -0.1) is 0 Å². The molecule has 2 aromatic carbocycles. The van der Waals surface area contributed by atoms with Crippen molar-refractivity contribution in [3.63, 3.8) is 0 Å². The van der Waals surface area contributed by atoms with E-state index in [2.05, 4.69) is 10.6 Å². The van der Waals surface area contributed by atoms with Crippen LogP contribution >= 0.6 is 0 Å². The summed E-state index contributed by atoms with van der Waals surface area (Å²) >= 11 is 0. The van der Waals surface area contributed by atoms with Crippen LogP contribution in [0.3, 0.4) is 0 Å². The Hall–Kier alpha value is -3.15. The Labute approximate surface area is 193 Å². The zero-order valence-corrected chi connectivity index (χ0v) is 19.4. The molecule has 178 valence electrons. The molecule has 1 aliphatic heterocycles. The normalized spacial score (nSPS) is 15.0. The molecule has 0 aromatic heterocycles. The Kier molecular flexibility index (Phi) is 7.90. The lowest BCUT2D eigenvalue weighted by Gasteiger charge is -2.30. The molecule has 2 aromatic rings. The van der Waals surface area contributed by atoms with Gasteiger partial charge in [-0.05, 0) is 62.3 Å². The Bertz CT molecular complexity index is 1100. The van der Waals surface area contributed by atoms with Crippen LogP contribution in [0.4, 0.5) is 11.4 Å². The molecule has 0 atom stereocenters. The monoisotopic (exact) mass is 476 g/mol. The first-order chi connectivity index (χ1) is 15.7. The SMILES string of the molecule is COc1ccc(NC(=O)CN2CCC(C(=O)Nc3ccc(S(N)(=O)=O)cc3)CC2)c(OC)c1. The molecule has 0 spiro atoms. The van der Waals surface area contributed by atoms with Gasteiger partial charge in [0.05, 0.1) is 31.3 Å². The maximum atomic E-state index is 12.6. The van der Waals surface area contributed by atoms with E-state index >= 15 is 0 Å². The number of likely N-dealkylation sites (tertiary alicyclic amines) is 1. The highest BCUT2D eigenvalue weighted by Gasteiger charge is 2.26. The molecule has 1 aliphatic rings. The summed E-state index contributed by atoms with van der Waals surface area (Å²) in [6.45, 7) is 1.42. The van der Waals surface area contributed by atoms with E-state index in [9.17, 15) is 18.0 Å². The molecule has 0 unspecified atom stereocenters. The first-order valence-corrected chi connectivity index (χ1v) is 11.9. The van der Waals surface area contributed by atoms with Gasteiger partial charge in [-0.1, -0.05) is 0 Å². The van der Waals surface area contributed by atoms with Crippen LogP contribution in [-0.4, -0.2) is 59.0 Å². The largest absolute Gasteiger partial charge is 0.497 e. The van der Waals surface area contributed by atoms with Crippen molar-refractivity contribution in [1.29, 1.82) is 0 Å². The summed E-state index contributed by atoms with van der Waals surface area (Å²) in [5.41, 5.74) is 1.06. The van der Waals surface area contributed by atoms with E-state index in [1.807, 2.05) is 4.90 Å². The first kappa shape index (κ1) is 24.5. The maximum Gasteiger partial charge on any atom is 0.238 e. The second-order valence-corrected chi connectivity index (χ2v) is 9.28. The van der Waals surface area contributed by atoms with Gasteiger partial charge < -0.3 is 20.1 Å². The number of rotatable bonds is 8. The minimum absolute atomic E-state index is 0.0145. The van der Waals surface area contributed by atoms with Crippen LogP contribution in [0, 0.1) is 5.92 Å². The molecule has 0 bridgehead atoms. The number of hydrogen-bond acceptors (Lipinski definition) is 7. The third-order valence-electron chi connectivity index (χ3n) is 5.46. The number of nitrogens with two attached hydrogens (primary N) is 1. The molecule has 11 heteroatoms. The van der Waals surface area contributed by atoms with Crippen molar-refractivity contribution in [3.05, 3.63) is 42.5 Å². The molecule has 2 amide bonds. The van der Waals surface area contributed by atoms with Gasteiger partial charge in [-0.3, -0.25) is 14.5 Å². The van der Waals surface area contributed by atoms with E-state index in [1.54, 1.807) is 25.3 Å². The highest BCUT2D eigenvalue weighted by atomic mass is 32.2. The van der Waals surface area contributed by atoms with Crippen LogP contribution in [0.25, 0.3) is 0 Å². The number of nitrogens with zero attached hydrogens (tertiary/aromatic N) is 1. The molecule has 10 nitrogen and oxygen atoms in total. The van der Waals surface area contributed by atoms with Gasteiger partial charge in [0.2, 0.25) is 21.8 Å². The van der Waals surface area contributed by atoms with Crippen LogP contribution in [0.15, 0.2) is 47.4 Å². The molecule has 1 fully saturated rings. The lowest BCUT2D eigenvalue weighted by Crippen LogP contribution is -2.41. The van der Waals surface area contributed by atoms with Crippen molar-refractivity contribution in [2.45, 2.75) is 17.7 Å². The van der Waals surface area contributed by atoms with Gasteiger partial charge in [0.15, 0.2) is 0 Å². The van der Waals surface area contributed by atoms with E-state index in [-0.39, 0.29) is 29.2 Å². The molecule has 33 heavy (non-hydrogen) atoms. The zero-order valence-electron chi connectivity index (χ0n) is 18.5.